The number of nitrogens with zero attached hydrogens (tertiary/aromatic N) is 2. The second kappa shape index (κ2) is 8.59. The van der Waals surface area contributed by atoms with Crippen LogP contribution in [0.5, 0.6) is 11.5 Å². The molecule has 2 aromatic carbocycles. The first-order valence-electron chi connectivity index (χ1n) is 9.97. The van der Waals surface area contributed by atoms with Gasteiger partial charge in [-0.2, -0.15) is 0 Å². The van der Waals surface area contributed by atoms with Crippen molar-refractivity contribution in [3.63, 3.8) is 0 Å². The summed E-state index contributed by atoms with van der Waals surface area (Å²) in [6.45, 7) is 4.55. The molecule has 0 aromatic heterocycles. The number of imide groups is 1. The zero-order chi connectivity index (χ0) is 21.1. The Balaban J connectivity index is 1.79. The number of para-hydroxylation sites is 1. The number of ether oxygens (including phenoxy) is 3. The fourth-order valence-corrected chi connectivity index (χ4v) is 3.79. The van der Waals surface area contributed by atoms with Gasteiger partial charge in [0.1, 0.15) is 17.2 Å². The predicted octanol–water partition coefficient (Wildman–Crippen LogP) is 2.71. The minimum Gasteiger partial charge on any atom is -0.496 e. The van der Waals surface area contributed by atoms with E-state index in [1.54, 1.807) is 37.4 Å². The molecule has 0 aliphatic carbocycles. The van der Waals surface area contributed by atoms with E-state index in [2.05, 4.69) is 0 Å². The molecule has 1 saturated heterocycles. The number of anilines is 1. The Hall–Kier alpha value is -3.32. The van der Waals surface area contributed by atoms with Crippen LogP contribution in [0.15, 0.2) is 54.2 Å². The molecular formula is C23H24N2O5. The molecule has 1 fully saturated rings. The molecule has 2 heterocycles. The minimum atomic E-state index is -0.366. The van der Waals surface area contributed by atoms with Crippen LogP contribution in [-0.2, 0) is 14.3 Å². The van der Waals surface area contributed by atoms with Gasteiger partial charge in [0, 0.05) is 18.7 Å². The van der Waals surface area contributed by atoms with Crippen molar-refractivity contribution in [3.05, 3.63) is 59.8 Å². The Morgan fingerprint density at radius 2 is 1.67 bits per heavy atom. The van der Waals surface area contributed by atoms with Gasteiger partial charge in [-0.15, -0.1) is 0 Å². The molecule has 156 valence electrons. The third kappa shape index (κ3) is 3.52. The van der Waals surface area contributed by atoms with E-state index >= 15 is 0 Å². The molecular weight excluding hydrogens is 384 g/mol. The van der Waals surface area contributed by atoms with E-state index in [9.17, 15) is 9.59 Å². The maximum atomic E-state index is 13.6. The van der Waals surface area contributed by atoms with Gasteiger partial charge in [-0.25, -0.2) is 4.90 Å². The summed E-state index contributed by atoms with van der Waals surface area (Å²) in [5, 5.41) is 0. The lowest BCUT2D eigenvalue weighted by molar-refractivity contribution is -0.121. The number of methoxy groups -OCH3 is 1. The van der Waals surface area contributed by atoms with Crippen LogP contribution in [0.1, 0.15) is 12.5 Å². The third-order valence-electron chi connectivity index (χ3n) is 5.17. The number of morpholine rings is 1. The SMILES string of the molecule is CCOc1ccc(N2C(=O)C(c3ccccc3OC)=C(N3CCOCC3)C2=O)cc1. The molecule has 0 radical (unpaired) electrons. The zero-order valence-electron chi connectivity index (χ0n) is 17.1. The quantitative estimate of drug-likeness (QED) is 0.685. The molecule has 0 N–H and O–H groups in total. The van der Waals surface area contributed by atoms with Crippen LogP contribution in [-0.4, -0.2) is 56.7 Å². The zero-order valence-corrected chi connectivity index (χ0v) is 17.1. The Labute approximate surface area is 175 Å². The molecule has 0 bridgehead atoms. The molecule has 2 aromatic rings. The summed E-state index contributed by atoms with van der Waals surface area (Å²) in [5.41, 5.74) is 1.85. The molecule has 0 unspecified atom stereocenters. The first kappa shape index (κ1) is 20.0. The van der Waals surface area contributed by atoms with Gasteiger partial charge < -0.3 is 19.1 Å². The topological polar surface area (TPSA) is 68.3 Å². The van der Waals surface area contributed by atoms with Crippen molar-refractivity contribution >= 4 is 23.1 Å². The average Bonchev–Trinajstić information content (AvgIpc) is 3.05. The van der Waals surface area contributed by atoms with E-state index in [0.717, 1.165) is 0 Å². The number of carbonyl (C=O) groups excluding carboxylic acids is 2. The van der Waals surface area contributed by atoms with E-state index < -0.39 is 0 Å². The number of amides is 2. The molecule has 0 spiro atoms. The lowest BCUT2D eigenvalue weighted by atomic mass is 10.0. The highest BCUT2D eigenvalue weighted by Crippen LogP contribution is 2.38. The van der Waals surface area contributed by atoms with Crippen molar-refractivity contribution in [2.24, 2.45) is 0 Å². The van der Waals surface area contributed by atoms with Crippen molar-refractivity contribution < 1.29 is 23.8 Å². The molecule has 2 amide bonds. The van der Waals surface area contributed by atoms with Gasteiger partial charge >= 0.3 is 0 Å². The lowest BCUT2D eigenvalue weighted by Gasteiger charge is -2.29. The Morgan fingerprint density at radius 1 is 0.967 bits per heavy atom. The van der Waals surface area contributed by atoms with Crippen molar-refractivity contribution in [2.75, 3.05) is 44.9 Å². The fourth-order valence-electron chi connectivity index (χ4n) is 3.79. The first-order chi connectivity index (χ1) is 14.7. The first-order valence-corrected chi connectivity index (χ1v) is 9.97. The van der Waals surface area contributed by atoms with Crippen molar-refractivity contribution in [1.82, 2.24) is 4.90 Å². The van der Waals surface area contributed by atoms with Gasteiger partial charge in [-0.1, -0.05) is 18.2 Å². The van der Waals surface area contributed by atoms with E-state index in [1.165, 1.54) is 4.90 Å². The maximum absolute atomic E-state index is 13.6. The minimum absolute atomic E-state index is 0.341. The van der Waals surface area contributed by atoms with Crippen molar-refractivity contribution in [2.45, 2.75) is 6.92 Å². The van der Waals surface area contributed by atoms with E-state index in [1.807, 2.05) is 30.0 Å². The number of hydrogen-bond acceptors (Lipinski definition) is 6. The van der Waals surface area contributed by atoms with Gasteiger partial charge in [0.05, 0.1) is 38.2 Å². The maximum Gasteiger partial charge on any atom is 0.282 e. The third-order valence-corrected chi connectivity index (χ3v) is 5.17. The van der Waals surface area contributed by atoms with Crippen LogP contribution in [0.2, 0.25) is 0 Å². The van der Waals surface area contributed by atoms with Crippen molar-refractivity contribution in [1.29, 1.82) is 0 Å². The van der Waals surface area contributed by atoms with E-state index in [0.29, 0.717) is 66.9 Å². The number of hydrogen-bond donors (Lipinski definition) is 0. The monoisotopic (exact) mass is 408 g/mol. The molecule has 7 heteroatoms. The fraction of sp³-hybridized carbons (Fsp3) is 0.304. The van der Waals surface area contributed by atoms with Crippen molar-refractivity contribution in [3.8, 4) is 11.5 Å². The standard InChI is InChI=1S/C23H24N2O5/c1-3-30-17-10-8-16(9-11-17)25-22(26)20(18-6-4-5-7-19(18)28-2)21(23(25)27)24-12-14-29-15-13-24/h4-11H,3,12-15H2,1-2H3. The second-order valence-corrected chi connectivity index (χ2v) is 6.90. The van der Waals surface area contributed by atoms with Gasteiger partial charge in [0.2, 0.25) is 0 Å². The normalized spacial score (nSPS) is 17.0. The average molecular weight is 408 g/mol. The van der Waals surface area contributed by atoms with Crippen LogP contribution < -0.4 is 14.4 Å². The Morgan fingerprint density at radius 3 is 2.33 bits per heavy atom. The van der Waals surface area contributed by atoms with Crippen LogP contribution in [0, 0.1) is 0 Å². The second-order valence-electron chi connectivity index (χ2n) is 6.90. The van der Waals surface area contributed by atoms with Crippen LogP contribution >= 0.6 is 0 Å². The van der Waals surface area contributed by atoms with Crippen LogP contribution in [0.25, 0.3) is 5.57 Å². The molecule has 2 aliphatic heterocycles. The largest absolute Gasteiger partial charge is 0.496 e. The lowest BCUT2D eigenvalue weighted by Crippen LogP contribution is -2.40. The summed E-state index contributed by atoms with van der Waals surface area (Å²) in [4.78, 5) is 30.2. The highest BCUT2D eigenvalue weighted by molar-refractivity contribution is 6.45. The molecule has 0 saturated carbocycles. The van der Waals surface area contributed by atoms with Gasteiger partial charge in [0.25, 0.3) is 11.8 Å². The Kier molecular flexibility index (Phi) is 5.72. The summed E-state index contributed by atoms with van der Waals surface area (Å²) < 4.78 is 16.4. The molecule has 30 heavy (non-hydrogen) atoms. The summed E-state index contributed by atoms with van der Waals surface area (Å²) in [6, 6.07) is 14.2. The summed E-state index contributed by atoms with van der Waals surface area (Å²) in [5.74, 6) is 0.529. The predicted molar refractivity (Wildman–Crippen MR) is 112 cm³/mol. The van der Waals surface area contributed by atoms with Crippen LogP contribution in [0.4, 0.5) is 5.69 Å². The molecule has 4 rings (SSSR count). The number of carbonyl (C=O) groups is 2. The van der Waals surface area contributed by atoms with E-state index in [-0.39, 0.29) is 11.8 Å². The van der Waals surface area contributed by atoms with Crippen LogP contribution in [0.3, 0.4) is 0 Å². The van der Waals surface area contributed by atoms with E-state index in [4.69, 9.17) is 14.2 Å². The van der Waals surface area contributed by atoms with Gasteiger partial charge in [-0.3, -0.25) is 9.59 Å². The molecule has 7 nitrogen and oxygen atoms in total. The number of benzene rings is 2. The van der Waals surface area contributed by atoms with Gasteiger partial charge in [-0.05, 0) is 37.3 Å². The summed E-state index contributed by atoms with van der Waals surface area (Å²) >= 11 is 0. The number of rotatable bonds is 6. The highest BCUT2D eigenvalue weighted by atomic mass is 16.5. The molecule has 0 atom stereocenters. The Bertz CT molecular complexity index is 977. The summed E-state index contributed by atoms with van der Waals surface area (Å²) in [7, 11) is 1.55. The highest BCUT2D eigenvalue weighted by Gasteiger charge is 2.43. The molecule has 2 aliphatic rings. The smallest absolute Gasteiger partial charge is 0.282 e. The van der Waals surface area contributed by atoms with Gasteiger partial charge in [0.15, 0.2) is 0 Å². The summed E-state index contributed by atoms with van der Waals surface area (Å²) in [6.07, 6.45) is 0.